The van der Waals surface area contributed by atoms with E-state index in [-0.39, 0.29) is 11.6 Å². The van der Waals surface area contributed by atoms with Crippen molar-refractivity contribution in [1.29, 1.82) is 0 Å². The SMILES string of the molecule is Cc1ccccc1NC(=O)Nc1ccc(-c2cccn(Cc3ccc(OCC(=O)O)cc3)c2=O)cc1. The molecule has 0 fully saturated rings. The van der Waals surface area contributed by atoms with Crippen molar-refractivity contribution >= 4 is 23.4 Å². The van der Waals surface area contributed by atoms with Crippen molar-refractivity contribution in [2.24, 2.45) is 0 Å². The number of carboxylic acid groups (broad SMARTS) is 1. The first kappa shape index (κ1) is 24.3. The second-order valence-electron chi connectivity index (χ2n) is 8.15. The van der Waals surface area contributed by atoms with Crippen LogP contribution in [0.15, 0.2) is 95.9 Å². The van der Waals surface area contributed by atoms with Crippen molar-refractivity contribution in [1.82, 2.24) is 4.57 Å². The van der Waals surface area contributed by atoms with Gasteiger partial charge in [-0.05, 0) is 66.1 Å². The molecular weight excluding hydrogens is 458 g/mol. The Morgan fingerprint density at radius 2 is 1.61 bits per heavy atom. The topological polar surface area (TPSA) is 110 Å². The lowest BCUT2D eigenvalue weighted by molar-refractivity contribution is -0.139. The summed E-state index contributed by atoms with van der Waals surface area (Å²) in [5.41, 5.74) is 4.29. The molecule has 0 unspecified atom stereocenters. The fourth-order valence-corrected chi connectivity index (χ4v) is 3.64. The Balaban J connectivity index is 1.43. The number of carbonyl (C=O) groups excluding carboxylic acids is 1. The predicted octanol–water partition coefficient (Wildman–Crippen LogP) is 4.98. The highest BCUT2D eigenvalue weighted by Crippen LogP contribution is 2.20. The summed E-state index contributed by atoms with van der Waals surface area (Å²) in [4.78, 5) is 36.1. The molecule has 0 aliphatic rings. The molecule has 0 spiro atoms. The zero-order valence-corrected chi connectivity index (χ0v) is 19.6. The number of para-hydroxylation sites is 1. The highest BCUT2D eigenvalue weighted by Gasteiger charge is 2.09. The molecule has 0 atom stereocenters. The van der Waals surface area contributed by atoms with Gasteiger partial charge >= 0.3 is 12.0 Å². The number of hydrogen-bond acceptors (Lipinski definition) is 4. The number of nitrogens with zero attached hydrogens (tertiary/aromatic N) is 1. The van der Waals surface area contributed by atoms with Crippen LogP contribution in [-0.2, 0) is 11.3 Å². The summed E-state index contributed by atoms with van der Waals surface area (Å²) in [6.45, 7) is 1.86. The lowest BCUT2D eigenvalue weighted by Gasteiger charge is -2.11. The summed E-state index contributed by atoms with van der Waals surface area (Å²) >= 11 is 0. The van der Waals surface area contributed by atoms with Crippen molar-refractivity contribution in [2.45, 2.75) is 13.5 Å². The van der Waals surface area contributed by atoms with Gasteiger partial charge in [-0.1, -0.05) is 42.5 Å². The Labute approximate surface area is 207 Å². The van der Waals surface area contributed by atoms with E-state index in [1.165, 1.54) is 0 Å². The van der Waals surface area contributed by atoms with E-state index < -0.39 is 12.6 Å². The molecule has 4 aromatic rings. The molecular formula is C28H25N3O5. The van der Waals surface area contributed by atoms with Gasteiger partial charge in [0.15, 0.2) is 6.61 Å². The number of hydrogen-bond donors (Lipinski definition) is 3. The monoisotopic (exact) mass is 483 g/mol. The molecule has 0 aliphatic heterocycles. The number of ether oxygens (including phenoxy) is 1. The summed E-state index contributed by atoms with van der Waals surface area (Å²) < 4.78 is 6.74. The first-order valence-electron chi connectivity index (χ1n) is 11.3. The minimum absolute atomic E-state index is 0.151. The number of nitrogens with one attached hydrogen (secondary N) is 2. The van der Waals surface area contributed by atoms with E-state index in [9.17, 15) is 14.4 Å². The van der Waals surface area contributed by atoms with Crippen LogP contribution in [0, 0.1) is 6.92 Å². The van der Waals surface area contributed by atoms with Crippen LogP contribution >= 0.6 is 0 Å². The average molecular weight is 484 g/mol. The number of aliphatic carboxylic acids is 1. The third-order valence-corrected chi connectivity index (χ3v) is 5.51. The van der Waals surface area contributed by atoms with Gasteiger partial charge in [0.05, 0.1) is 6.54 Å². The largest absolute Gasteiger partial charge is 0.482 e. The van der Waals surface area contributed by atoms with Crippen molar-refractivity contribution in [3.8, 4) is 16.9 Å². The lowest BCUT2D eigenvalue weighted by atomic mass is 10.1. The summed E-state index contributed by atoms with van der Waals surface area (Å²) in [7, 11) is 0. The Bertz CT molecular complexity index is 1430. The Morgan fingerprint density at radius 3 is 2.31 bits per heavy atom. The smallest absolute Gasteiger partial charge is 0.341 e. The summed E-state index contributed by atoms with van der Waals surface area (Å²) in [5.74, 6) is -0.597. The third-order valence-electron chi connectivity index (χ3n) is 5.51. The molecule has 3 N–H and O–H groups in total. The van der Waals surface area contributed by atoms with Gasteiger partial charge < -0.3 is 25.0 Å². The molecule has 0 saturated carbocycles. The standard InChI is InChI=1S/C28H25N3O5/c1-19-5-2-3-7-25(19)30-28(35)29-22-12-10-21(11-13-22)24-6-4-16-31(27(24)34)17-20-8-14-23(15-9-20)36-18-26(32)33/h2-16H,17-18H2,1H3,(H,32,33)(H2,29,30,35). The van der Waals surface area contributed by atoms with E-state index in [1.54, 1.807) is 65.4 Å². The van der Waals surface area contributed by atoms with Gasteiger partial charge in [0, 0.05) is 23.1 Å². The Kier molecular flexibility index (Phi) is 7.45. The second kappa shape index (κ2) is 11.1. The highest BCUT2D eigenvalue weighted by atomic mass is 16.5. The van der Waals surface area contributed by atoms with Crippen LogP contribution in [0.4, 0.5) is 16.2 Å². The molecule has 0 bridgehead atoms. The number of carboxylic acids is 1. The fourth-order valence-electron chi connectivity index (χ4n) is 3.64. The second-order valence-corrected chi connectivity index (χ2v) is 8.15. The number of carbonyl (C=O) groups is 2. The van der Waals surface area contributed by atoms with Gasteiger partial charge in [-0.25, -0.2) is 9.59 Å². The molecule has 8 nitrogen and oxygen atoms in total. The number of aromatic nitrogens is 1. The highest BCUT2D eigenvalue weighted by molar-refractivity contribution is 6.00. The molecule has 8 heteroatoms. The maximum absolute atomic E-state index is 13.1. The average Bonchev–Trinajstić information content (AvgIpc) is 2.87. The van der Waals surface area contributed by atoms with Crippen LogP contribution < -0.4 is 20.9 Å². The summed E-state index contributed by atoms with van der Waals surface area (Å²) in [5, 5.41) is 14.3. The van der Waals surface area contributed by atoms with Crippen LogP contribution in [0.5, 0.6) is 5.75 Å². The van der Waals surface area contributed by atoms with E-state index in [2.05, 4.69) is 10.6 Å². The quantitative estimate of drug-likeness (QED) is 0.327. The lowest BCUT2D eigenvalue weighted by Crippen LogP contribution is -2.21. The summed E-state index contributed by atoms with van der Waals surface area (Å²) in [6.07, 6.45) is 1.71. The van der Waals surface area contributed by atoms with E-state index in [0.29, 0.717) is 23.5 Å². The van der Waals surface area contributed by atoms with E-state index in [1.807, 2.05) is 37.3 Å². The fraction of sp³-hybridized carbons (Fsp3) is 0.107. The van der Waals surface area contributed by atoms with Gasteiger partial charge in [-0.15, -0.1) is 0 Å². The zero-order valence-electron chi connectivity index (χ0n) is 19.6. The molecule has 2 amide bonds. The minimum atomic E-state index is -1.04. The van der Waals surface area contributed by atoms with Crippen LogP contribution in [0.3, 0.4) is 0 Å². The van der Waals surface area contributed by atoms with Crippen molar-refractivity contribution in [3.05, 3.63) is 113 Å². The van der Waals surface area contributed by atoms with Crippen molar-refractivity contribution in [2.75, 3.05) is 17.2 Å². The van der Waals surface area contributed by atoms with Crippen molar-refractivity contribution < 1.29 is 19.4 Å². The first-order valence-corrected chi connectivity index (χ1v) is 11.3. The molecule has 0 saturated heterocycles. The molecule has 1 aromatic heterocycles. The number of benzene rings is 3. The normalized spacial score (nSPS) is 10.5. The molecule has 182 valence electrons. The van der Waals surface area contributed by atoms with Crippen LogP contribution in [0.25, 0.3) is 11.1 Å². The maximum Gasteiger partial charge on any atom is 0.341 e. The number of aryl methyl sites for hydroxylation is 1. The van der Waals surface area contributed by atoms with Crippen molar-refractivity contribution in [3.63, 3.8) is 0 Å². The Morgan fingerprint density at radius 1 is 0.889 bits per heavy atom. The number of anilines is 2. The van der Waals surface area contributed by atoms with E-state index >= 15 is 0 Å². The van der Waals surface area contributed by atoms with E-state index in [0.717, 1.165) is 22.4 Å². The van der Waals surface area contributed by atoms with Gasteiger partial charge in [0.2, 0.25) is 0 Å². The molecule has 0 radical (unpaired) electrons. The number of amides is 2. The van der Waals surface area contributed by atoms with E-state index in [4.69, 9.17) is 9.84 Å². The van der Waals surface area contributed by atoms with Gasteiger partial charge in [0.1, 0.15) is 5.75 Å². The Hall–Kier alpha value is -4.85. The maximum atomic E-state index is 13.1. The minimum Gasteiger partial charge on any atom is -0.482 e. The van der Waals surface area contributed by atoms with Gasteiger partial charge in [-0.2, -0.15) is 0 Å². The number of pyridine rings is 1. The zero-order chi connectivity index (χ0) is 25.5. The van der Waals surface area contributed by atoms with Gasteiger partial charge in [0.25, 0.3) is 5.56 Å². The van der Waals surface area contributed by atoms with Gasteiger partial charge in [-0.3, -0.25) is 4.79 Å². The molecule has 3 aromatic carbocycles. The molecule has 0 aliphatic carbocycles. The molecule has 36 heavy (non-hydrogen) atoms. The number of urea groups is 1. The summed E-state index contributed by atoms with van der Waals surface area (Å²) in [6, 6.07) is 24.7. The first-order chi connectivity index (χ1) is 17.4. The molecule has 1 heterocycles. The predicted molar refractivity (Wildman–Crippen MR) is 139 cm³/mol. The van der Waals surface area contributed by atoms with Crippen LogP contribution in [0.1, 0.15) is 11.1 Å². The van der Waals surface area contributed by atoms with Crippen LogP contribution in [-0.4, -0.2) is 28.3 Å². The third kappa shape index (κ3) is 6.18. The molecule has 4 rings (SSSR count). The number of rotatable bonds is 8. The van der Waals surface area contributed by atoms with Crippen LogP contribution in [0.2, 0.25) is 0 Å².